The Labute approximate surface area is 83.3 Å². The molecule has 5 nitrogen and oxygen atoms in total. The number of rotatable bonds is 5. The van der Waals surface area contributed by atoms with Crippen molar-refractivity contribution in [1.82, 2.24) is 15.1 Å². The zero-order chi connectivity index (χ0) is 10.4. The van der Waals surface area contributed by atoms with Crippen LogP contribution in [-0.2, 0) is 6.54 Å². The highest BCUT2D eigenvalue weighted by Gasteiger charge is 2.06. The molecule has 1 aromatic rings. The molecule has 0 fully saturated rings. The summed E-state index contributed by atoms with van der Waals surface area (Å²) in [5.74, 6) is -0.0740. The normalized spacial score (nSPS) is 10.1. The molecule has 1 aromatic heterocycles. The van der Waals surface area contributed by atoms with Gasteiger partial charge in [-0.1, -0.05) is 6.92 Å². The second-order valence-electron chi connectivity index (χ2n) is 3.04. The smallest absolute Gasteiger partial charge is 0.254 e. The summed E-state index contributed by atoms with van der Waals surface area (Å²) in [7, 11) is 0. The molecule has 0 saturated heterocycles. The second-order valence-corrected chi connectivity index (χ2v) is 3.04. The van der Waals surface area contributed by atoms with Crippen molar-refractivity contribution >= 4 is 5.91 Å². The fourth-order valence-electron chi connectivity index (χ4n) is 1.08. The van der Waals surface area contributed by atoms with Gasteiger partial charge in [0.25, 0.3) is 5.91 Å². The van der Waals surface area contributed by atoms with Crippen LogP contribution in [0.5, 0.6) is 0 Å². The van der Waals surface area contributed by atoms with Crippen LogP contribution in [-0.4, -0.2) is 28.8 Å². The van der Waals surface area contributed by atoms with E-state index in [4.69, 9.17) is 5.73 Å². The van der Waals surface area contributed by atoms with Gasteiger partial charge in [0.05, 0.1) is 18.3 Å². The van der Waals surface area contributed by atoms with Gasteiger partial charge in [-0.15, -0.1) is 0 Å². The van der Waals surface area contributed by atoms with Crippen molar-refractivity contribution in [1.29, 1.82) is 0 Å². The van der Waals surface area contributed by atoms with Gasteiger partial charge in [0.1, 0.15) is 0 Å². The maximum Gasteiger partial charge on any atom is 0.254 e. The number of aromatic nitrogens is 2. The van der Waals surface area contributed by atoms with Crippen molar-refractivity contribution in [2.45, 2.75) is 19.9 Å². The van der Waals surface area contributed by atoms with E-state index in [1.54, 1.807) is 17.1 Å². The number of nitrogens with zero attached hydrogens (tertiary/aromatic N) is 2. The van der Waals surface area contributed by atoms with Crippen molar-refractivity contribution in [2.24, 2.45) is 5.73 Å². The molecule has 0 bridgehead atoms. The van der Waals surface area contributed by atoms with Crippen molar-refractivity contribution in [3.8, 4) is 0 Å². The van der Waals surface area contributed by atoms with Crippen molar-refractivity contribution in [2.75, 3.05) is 13.1 Å². The molecule has 5 heteroatoms. The fourth-order valence-corrected chi connectivity index (χ4v) is 1.08. The van der Waals surface area contributed by atoms with Gasteiger partial charge >= 0.3 is 0 Å². The summed E-state index contributed by atoms with van der Waals surface area (Å²) in [6, 6.07) is 0. The molecule has 0 atom stereocenters. The molecule has 1 heterocycles. The summed E-state index contributed by atoms with van der Waals surface area (Å²) in [5.41, 5.74) is 5.95. The van der Waals surface area contributed by atoms with Gasteiger partial charge in [-0.05, 0) is 6.42 Å². The number of nitrogens with one attached hydrogen (secondary N) is 1. The van der Waals surface area contributed by atoms with Gasteiger partial charge in [-0.2, -0.15) is 5.10 Å². The minimum atomic E-state index is -0.0740. The molecule has 0 spiro atoms. The van der Waals surface area contributed by atoms with Crippen LogP contribution < -0.4 is 11.1 Å². The largest absolute Gasteiger partial charge is 0.352 e. The zero-order valence-electron chi connectivity index (χ0n) is 8.36. The van der Waals surface area contributed by atoms with E-state index in [1.165, 1.54) is 0 Å². The van der Waals surface area contributed by atoms with E-state index >= 15 is 0 Å². The molecule has 0 radical (unpaired) electrons. The van der Waals surface area contributed by atoms with Gasteiger partial charge in [-0.25, -0.2) is 0 Å². The predicted octanol–water partition coefficient (Wildman–Crippen LogP) is -0.0184. The minimum absolute atomic E-state index is 0.0740. The molecule has 0 saturated carbocycles. The lowest BCUT2D eigenvalue weighted by molar-refractivity contribution is 0.0953. The Morgan fingerprint density at radius 1 is 1.71 bits per heavy atom. The van der Waals surface area contributed by atoms with Crippen LogP contribution in [0.4, 0.5) is 0 Å². The Hall–Kier alpha value is -1.36. The van der Waals surface area contributed by atoms with Crippen LogP contribution in [0.15, 0.2) is 12.4 Å². The van der Waals surface area contributed by atoms with E-state index < -0.39 is 0 Å². The first-order chi connectivity index (χ1) is 6.77. The number of nitrogens with two attached hydrogens (primary N) is 1. The quantitative estimate of drug-likeness (QED) is 0.695. The molecule has 14 heavy (non-hydrogen) atoms. The van der Waals surface area contributed by atoms with Crippen molar-refractivity contribution < 1.29 is 4.79 Å². The SMILES string of the molecule is CCCNC(=O)c1cnn(CCN)c1. The molecule has 0 unspecified atom stereocenters. The Morgan fingerprint density at radius 3 is 3.14 bits per heavy atom. The summed E-state index contributed by atoms with van der Waals surface area (Å²) in [5, 5.41) is 6.79. The lowest BCUT2D eigenvalue weighted by Gasteiger charge is -1.99. The average molecular weight is 196 g/mol. The Bertz CT molecular complexity index is 295. The molecule has 0 aliphatic rings. The summed E-state index contributed by atoms with van der Waals surface area (Å²) in [6.45, 7) is 3.87. The van der Waals surface area contributed by atoms with Gasteiger partial charge in [0.15, 0.2) is 0 Å². The number of hydrogen-bond acceptors (Lipinski definition) is 3. The molecule has 0 aliphatic carbocycles. The summed E-state index contributed by atoms with van der Waals surface area (Å²) in [6.07, 6.45) is 4.20. The maximum absolute atomic E-state index is 11.4. The van der Waals surface area contributed by atoms with Gasteiger partial charge in [-0.3, -0.25) is 9.48 Å². The Balaban J connectivity index is 2.53. The first-order valence-corrected chi connectivity index (χ1v) is 4.78. The third kappa shape index (κ3) is 2.85. The number of carbonyl (C=O) groups excluding carboxylic acids is 1. The maximum atomic E-state index is 11.4. The molecule has 1 rings (SSSR count). The van der Waals surface area contributed by atoms with E-state index in [1.807, 2.05) is 6.92 Å². The van der Waals surface area contributed by atoms with Gasteiger partial charge < -0.3 is 11.1 Å². The lowest BCUT2D eigenvalue weighted by atomic mass is 10.3. The van der Waals surface area contributed by atoms with Crippen LogP contribution in [0, 0.1) is 0 Å². The van der Waals surface area contributed by atoms with E-state index in [0.717, 1.165) is 6.42 Å². The molecule has 1 amide bonds. The molecule has 0 aliphatic heterocycles. The van der Waals surface area contributed by atoms with Gasteiger partial charge in [0, 0.05) is 19.3 Å². The van der Waals surface area contributed by atoms with Crippen LogP contribution in [0.2, 0.25) is 0 Å². The fraction of sp³-hybridized carbons (Fsp3) is 0.556. The summed E-state index contributed by atoms with van der Waals surface area (Å²) in [4.78, 5) is 11.4. The standard InChI is InChI=1S/C9H16N4O/c1-2-4-11-9(14)8-6-12-13(7-8)5-3-10/h6-7H,2-5,10H2,1H3,(H,11,14). The summed E-state index contributed by atoms with van der Waals surface area (Å²) < 4.78 is 1.67. The number of hydrogen-bond donors (Lipinski definition) is 2. The number of carbonyl (C=O) groups is 1. The van der Waals surface area contributed by atoms with Crippen molar-refractivity contribution in [3.63, 3.8) is 0 Å². The first kappa shape index (κ1) is 10.7. The number of amides is 1. The molecule has 3 N–H and O–H groups in total. The highest BCUT2D eigenvalue weighted by Crippen LogP contribution is 1.96. The molecular formula is C9H16N4O. The highest BCUT2D eigenvalue weighted by molar-refractivity contribution is 5.93. The minimum Gasteiger partial charge on any atom is -0.352 e. The van der Waals surface area contributed by atoms with E-state index in [0.29, 0.717) is 25.2 Å². The van der Waals surface area contributed by atoms with Crippen LogP contribution >= 0.6 is 0 Å². The lowest BCUT2D eigenvalue weighted by Crippen LogP contribution is -2.23. The molecule has 0 aromatic carbocycles. The van der Waals surface area contributed by atoms with Crippen LogP contribution in [0.1, 0.15) is 23.7 Å². The highest BCUT2D eigenvalue weighted by atomic mass is 16.1. The van der Waals surface area contributed by atoms with E-state index in [-0.39, 0.29) is 5.91 Å². The topological polar surface area (TPSA) is 72.9 Å². The monoisotopic (exact) mass is 196 g/mol. The Morgan fingerprint density at radius 2 is 2.50 bits per heavy atom. The first-order valence-electron chi connectivity index (χ1n) is 4.78. The second kappa shape index (κ2) is 5.39. The molecule has 78 valence electrons. The summed E-state index contributed by atoms with van der Waals surface area (Å²) >= 11 is 0. The van der Waals surface area contributed by atoms with E-state index in [9.17, 15) is 4.79 Å². The third-order valence-corrected chi connectivity index (χ3v) is 1.79. The molecular weight excluding hydrogens is 180 g/mol. The zero-order valence-corrected chi connectivity index (χ0v) is 8.36. The third-order valence-electron chi connectivity index (χ3n) is 1.79. The van der Waals surface area contributed by atoms with Crippen LogP contribution in [0.25, 0.3) is 0 Å². The predicted molar refractivity (Wildman–Crippen MR) is 53.9 cm³/mol. The van der Waals surface area contributed by atoms with Crippen molar-refractivity contribution in [3.05, 3.63) is 18.0 Å². The van der Waals surface area contributed by atoms with Gasteiger partial charge in [0.2, 0.25) is 0 Å². The van der Waals surface area contributed by atoms with Crippen LogP contribution in [0.3, 0.4) is 0 Å². The average Bonchev–Trinajstić information content (AvgIpc) is 2.63. The Kier molecular flexibility index (Phi) is 4.12. The van der Waals surface area contributed by atoms with E-state index in [2.05, 4.69) is 10.4 Å².